The van der Waals surface area contributed by atoms with Gasteiger partial charge in [-0.1, -0.05) is 18.2 Å². The molecule has 0 fully saturated rings. The standard InChI is InChI=1S/C13H17FN4S/c1-8(15)6-11(16)13-17-12(18-19-13)7-9-4-2-3-5-10(9)14/h2-5,8,11H,6-7,15-16H2,1H3. The topological polar surface area (TPSA) is 77.8 Å². The van der Waals surface area contributed by atoms with Crippen LogP contribution in [0, 0.1) is 5.82 Å². The van der Waals surface area contributed by atoms with Crippen LogP contribution in [0.1, 0.15) is 35.8 Å². The second-order valence-corrected chi connectivity index (χ2v) is 5.42. The molecular weight excluding hydrogens is 263 g/mol. The number of aromatic nitrogens is 2. The summed E-state index contributed by atoms with van der Waals surface area (Å²) in [6.07, 6.45) is 1.04. The first-order chi connectivity index (χ1) is 9.06. The van der Waals surface area contributed by atoms with E-state index in [0.717, 1.165) is 5.01 Å². The molecule has 0 radical (unpaired) electrons. The highest BCUT2D eigenvalue weighted by Gasteiger charge is 2.15. The van der Waals surface area contributed by atoms with Gasteiger partial charge in [0.15, 0.2) is 0 Å². The smallest absolute Gasteiger partial charge is 0.147 e. The molecule has 0 aliphatic rings. The van der Waals surface area contributed by atoms with Gasteiger partial charge in [0, 0.05) is 12.5 Å². The van der Waals surface area contributed by atoms with Crippen molar-refractivity contribution in [3.05, 3.63) is 46.5 Å². The fraction of sp³-hybridized carbons (Fsp3) is 0.385. The van der Waals surface area contributed by atoms with Crippen LogP contribution in [0.3, 0.4) is 0 Å². The van der Waals surface area contributed by atoms with E-state index in [2.05, 4.69) is 9.36 Å². The second-order valence-electron chi connectivity index (χ2n) is 4.64. The van der Waals surface area contributed by atoms with Crippen LogP contribution in [0.5, 0.6) is 0 Å². The Morgan fingerprint density at radius 1 is 1.32 bits per heavy atom. The minimum atomic E-state index is -0.237. The van der Waals surface area contributed by atoms with Crippen molar-refractivity contribution in [2.24, 2.45) is 11.5 Å². The summed E-state index contributed by atoms with van der Waals surface area (Å²) in [5, 5.41) is 0.753. The number of halogens is 1. The Hall–Kier alpha value is -1.37. The number of nitrogens with zero attached hydrogens (tertiary/aromatic N) is 2. The summed E-state index contributed by atoms with van der Waals surface area (Å²) in [6.45, 7) is 1.90. The van der Waals surface area contributed by atoms with Crippen LogP contribution >= 0.6 is 11.5 Å². The quantitative estimate of drug-likeness (QED) is 0.878. The first-order valence-electron chi connectivity index (χ1n) is 6.13. The van der Waals surface area contributed by atoms with Crippen LogP contribution in [-0.2, 0) is 6.42 Å². The normalized spacial score (nSPS) is 14.3. The van der Waals surface area contributed by atoms with Gasteiger partial charge in [0.25, 0.3) is 0 Å². The molecular formula is C13H17FN4S. The summed E-state index contributed by atoms with van der Waals surface area (Å²) in [7, 11) is 0. The number of rotatable bonds is 5. The maximum atomic E-state index is 13.5. The van der Waals surface area contributed by atoms with Crippen molar-refractivity contribution in [2.45, 2.75) is 31.8 Å². The average Bonchev–Trinajstić information content (AvgIpc) is 2.80. The largest absolute Gasteiger partial charge is 0.328 e. The zero-order chi connectivity index (χ0) is 13.8. The molecule has 0 saturated heterocycles. The van der Waals surface area contributed by atoms with Gasteiger partial charge in [-0.25, -0.2) is 9.37 Å². The molecule has 2 unspecified atom stereocenters. The van der Waals surface area contributed by atoms with E-state index in [1.807, 2.05) is 6.92 Å². The Morgan fingerprint density at radius 3 is 2.74 bits per heavy atom. The third-order valence-electron chi connectivity index (χ3n) is 2.73. The van der Waals surface area contributed by atoms with E-state index in [0.29, 0.717) is 24.2 Å². The van der Waals surface area contributed by atoms with Gasteiger partial charge in [-0.05, 0) is 36.5 Å². The minimum absolute atomic E-state index is 0.0221. The molecule has 0 spiro atoms. The molecule has 4 nitrogen and oxygen atoms in total. The van der Waals surface area contributed by atoms with E-state index < -0.39 is 0 Å². The van der Waals surface area contributed by atoms with E-state index in [-0.39, 0.29) is 17.9 Å². The molecule has 2 rings (SSSR count). The Labute approximate surface area is 115 Å². The van der Waals surface area contributed by atoms with Gasteiger partial charge in [-0.15, -0.1) is 0 Å². The van der Waals surface area contributed by atoms with Crippen molar-refractivity contribution < 1.29 is 4.39 Å². The predicted molar refractivity (Wildman–Crippen MR) is 74.3 cm³/mol. The fourth-order valence-corrected chi connectivity index (χ4v) is 2.49. The molecule has 1 aromatic heterocycles. The third-order valence-corrected chi connectivity index (χ3v) is 3.62. The lowest BCUT2D eigenvalue weighted by atomic mass is 10.1. The van der Waals surface area contributed by atoms with E-state index in [9.17, 15) is 4.39 Å². The molecule has 1 heterocycles. The summed E-state index contributed by atoms with van der Waals surface area (Å²) in [5.41, 5.74) is 12.3. The molecule has 0 saturated carbocycles. The van der Waals surface area contributed by atoms with Crippen molar-refractivity contribution in [1.82, 2.24) is 9.36 Å². The van der Waals surface area contributed by atoms with Crippen LogP contribution in [0.2, 0.25) is 0 Å². The maximum absolute atomic E-state index is 13.5. The lowest BCUT2D eigenvalue weighted by Crippen LogP contribution is -2.23. The van der Waals surface area contributed by atoms with Gasteiger partial charge in [-0.3, -0.25) is 0 Å². The summed E-state index contributed by atoms with van der Waals surface area (Å²) in [6, 6.07) is 6.45. The van der Waals surface area contributed by atoms with E-state index in [4.69, 9.17) is 11.5 Å². The van der Waals surface area contributed by atoms with E-state index in [1.165, 1.54) is 17.6 Å². The lowest BCUT2D eigenvalue weighted by molar-refractivity contribution is 0.565. The van der Waals surface area contributed by atoms with Gasteiger partial charge >= 0.3 is 0 Å². The molecule has 1 aromatic carbocycles. The highest BCUT2D eigenvalue weighted by molar-refractivity contribution is 7.05. The minimum Gasteiger partial charge on any atom is -0.328 e. The molecule has 2 atom stereocenters. The van der Waals surface area contributed by atoms with Crippen molar-refractivity contribution >= 4 is 11.5 Å². The molecule has 19 heavy (non-hydrogen) atoms. The van der Waals surface area contributed by atoms with Crippen LogP contribution < -0.4 is 11.5 Å². The molecule has 0 aliphatic carbocycles. The Kier molecular flexibility index (Phi) is 4.57. The Morgan fingerprint density at radius 2 is 2.05 bits per heavy atom. The van der Waals surface area contributed by atoms with Gasteiger partial charge in [0.05, 0.1) is 6.04 Å². The Bertz CT molecular complexity index is 541. The average molecular weight is 280 g/mol. The monoisotopic (exact) mass is 280 g/mol. The van der Waals surface area contributed by atoms with Crippen molar-refractivity contribution in [1.29, 1.82) is 0 Å². The van der Waals surface area contributed by atoms with E-state index >= 15 is 0 Å². The first kappa shape index (κ1) is 14.0. The molecule has 0 aliphatic heterocycles. The van der Waals surface area contributed by atoms with Crippen LogP contribution in [0.25, 0.3) is 0 Å². The summed E-state index contributed by atoms with van der Waals surface area (Å²) in [4.78, 5) is 4.36. The number of nitrogens with two attached hydrogens (primary N) is 2. The fourth-order valence-electron chi connectivity index (χ4n) is 1.80. The highest BCUT2D eigenvalue weighted by atomic mass is 32.1. The van der Waals surface area contributed by atoms with Crippen LogP contribution in [0.15, 0.2) is 24.3 Å². The summed E-state index contributed by atoms with van der Waals surface area (Å²) < 4.78 is 17.7. The van der Waals surface area contributed by atoms with Crippen molar-refractivity contribution in [2.75, 3.05) is 0 Å². The van der Waals surface area contributed by atoms with Crippen LogP contribution in [-0.4, -0.2) is 15.4 Å². The molecule has 0 amide bonds. The number of benzene rings is 1. The highest BCUT2D eigenvalue weighted by Crippen LogP contribution is 2.19. The molecule has 4 N–H and O–H groups in total. The van der Waals surface area contributed by atoms with Crippen LogP contribution in [0.4, 0.5) is 4.39 Å². The number of hydrogen-bond acceptors (Lipinski definition) is 5. The van der Waals surface area contributed by atoms with E-state index in [1.54, 1.807) is 18.2 Å². The summed E-state index contributed by atoms with van der Waals surface area (Å²) >= 11 is 1.26. The SMILES string of the molecule is CC(N)CC(N)c1nc(Cc2ccccc2F)ns1. The second kappa shape index (κ2) is 6.18. The first-order valence-corrected chi connectivity index (χ1v) is 6.90. The third kappa shape index (κ3) is 3.79. The predicted octanol–water partition coefficient (Wildman–Crippen LogP) is 2.01. The zero-order valence-corrected chi connectivity index (χ0v) is 11.5. The van der Waals surface area contributed by atoms with Gasteiger partial charge in [-0.2, -0.15) is 4.37 Å². The van der Waals surface area contributed by atoms with Gasteiger partial charge < -0.3 is 11.5 Å². The van der Waals surface area contributed by atoms with Gasteiger partial charge in [0.1, 0.15) is 16.6 Å². The molecule has 102 valence electrons. The molecule has 0 bridgehead atoms. The Balaban J connectivity index is 2.07. The lowest BCUT2D eigenvalue weighted by Gasteiger charge is -2.09. The number of hydrogen-bond donors (Lipinski definition) is 2. The van der Waals surface area contributed by atoms with Crippen molar-refractivity contribution in [3.63, 3.8) is 0 Å². The summed E-state index contributed by atoms with van der Waals surface area (Å²) in [5.74, 6) is 0.365. The zero-order valence-electron chi connectivity index (χ0n) is 10.7. The van der Waals surface area contributed by atoms with Crippen molar-refractivity contribution in [3.8, 4) is 0 Å². The molecule has 6 heteroatoms. The maximum Gasteiger partial charge on any atom is 0.147 e. The molecule has 2 aromatic rings. The van der Waals surface area contributed by atoms with Gasteiger partial charge in [0.2, 0.25) is 0 Å².